The Labute approximate surface area is 111 Å². The molecular formula is C13H16FN5. The third-order valence-corrected chi connectivity index (χ3v) is 2.51. The van der Waals surface area contributed by atoms with Gasteiger partial charge in [0.15, 0.2) is 11.6 Å². The van der Waals surface area contributed by atoms with Crippen LogP contribution < -0.4 is 10.6 Å². The summed E-state index contributed by atoms with van der Waals surface area (Å²) in [6.07, 6.45) is 5.44. The lowest BCUT2D eigenvalue weighted by Crippen LogP contribution is -2.11. The summed E-state index contributed by atoms with van der Waals surface area (Å²) in [5.41, 5.74) is 1.09. The minimum Gasteiger partial charge on any atom is -0.367 e. The van der Waals surface area contributed by atoms with E-state index in [4.69, 9.17) is 0 Å². The molecule has 2 aromatic rings. The fourth-order valence-electron chi connectivity index (χ4n) is 1.61. The van der Waals surface area contributed by atoms with Gasteiger partial charge >= 0.3 is 0 Å². The van der Waals surface area contributed by atoms with Crippen LogP contribution in [0.5, 0.6) is 0 Å². The van der Waals surface area contributed by atoms with Crippen molar-refractivity contribution in [2.45, 2.75) is 13.3 Å². The van der Waals surface area contributed by atoms with E-state index < -0.39 is 5.82 Å². The summed E-state index contributed by atoms with van der Waals surface area (Å²) in [6, 6.07) is 3.86. The van der Waals surface area contributed by atoms with E-state index in [-0.39, 0.29) is 5.82 Å². The molecule has 2 heterocycles. The van der Waals surface area contributed by atoms with Crippen molar-refractivity contribution in [2.75, 3.05) is 23.7 Å². The van der Waals surface area contributed by atoms with E-state index in [0.717, 1.165) is 18.2 Å². The fraction of sp³-hybridized carbons (Fsp3) is 0.308. The van der Waals surface area contributed by atoms with Crippen molar-refractivity contribution in [1.29, 1.82) is 0 Å². The van der Waals surface area contributed by atoms with Gasteiger partial charge in [0.2, 0.25) is 5.95 Å². The maximum absolute atomic E-state index is 13.5. The van der Waals surface area contributed by atoms with Gasteiger partial charge in [0.1, 0.15) is 0 Å². The number of nitrogens with zero attached hydrogens (tertiary/aromatic N) is 3. The van der Waals surface area contributed by atoms with Crippen LogP contribution in [0.2, 0.25) is 0 Å². The van der Waals surface area contributed by atoms with Crippen LogP contribution in [-0.4, -0.2) is 28.0 Å². The zero-order valence-electron chi connectivity index (χ0n) is 10.7. The molecule has 0 aliphatic heterocycles. The second-order valence-electron chi connectivity index (χ2n) is 3.96. The van der Waals surface area contributed by atoms with E-state index in [1.807, 2.05) is 19.1 Å². The first kappa shape index (κ1) is 13.2. The van der Waals surface area contributed by atoms with Crippen molar-refractivity contribution < 1.29 is 4.39 Å². The van der Waals surface area contributed by atoms with Crippen molar-refractivity contribution in [1.82, 2.24) is 15.0 Å². The van der Waals surface area contributed by atoms with Crippen LogP contribution in [0.15, 0.2) is 30.7 Å². The molecule has 0 aliphatic rings. The number of aromatic nitrogens is 3. The molecule has 0 aromatic carbocycles. The number of hydrogen-bond donors (Lipinski definition) is 2. The number of nitrogens with one attached hydrogen (secondary N) is 2. The third-order valence-electron chi connectivity index (χ3n) is 2.51. The molecule has 100 valence electrons. The van der Waals surface area contributed by atoms with E-state index in [1.165, 1.54) is 0 Å². The highest BCUT2D eigenvalue weighted by atomic mass is 19.1. The van der Waals surface area contributed by atoms with Crippen LogP contribution in [0.25, 0.3) is 0 Å². The Morgan fingerprint density at radius 3 is 2.89 bits per heavy atom. The first-order chi connectivity index (χ1) is 9.29. The fourth-order valence-corrected chi connectivity index (χ4v) is 1.61. The van der Waals surface area contributed by atoms with E-state index in [9.17, 15) is 4.39 Å². The first-order valence-electron chi connectivity index (χ1n) is 6.18. The third kappa shape index (κ3) is 3.87. The highest BCUT2D eigenvalue weighted by Gasteiger charge is 2.05. The largest absolute Gasteiger partial charge is 0.367 e. The Morgan fingerprint density at radius 1 is 1.26 bits per heavy atom. The Hall–Kier alpha value is -2.24. The standard InChI is InChI=1S/C13H16FN5/c1-2-16-13-18-9-11(14)12(19-13)17-7-5-10-4-3-6-15-8-10/h3-4,6,8-9H,2,5,7H2,1H3,(H2,16,17,18,19). The van der Waals surface area contributed by atoms with E-state index >= 15 is 0 Å². The predicted molar refractivity (Wildman–Crippen MR) is 72.6 cm³/mol. The summed E-state index contributed by atoms with van der Waals surface area (Å²) in [5.74, 6) is 0.190. The van der Waals surface area contributed by atoms with Crippen LogP contribution in [0.4, 0.5) is 16.2 Å². The monoisotopic (exact) mass is 261 g/mol. The maximum Gasteiger partial charge on any atom is 0.224 e. The number of pyridine rings is 1. The van der Waals surface area contributed by atoms with Gasteiger partial charge in [-0.05, 0) is 25.0 Å². The van der Waals surface area contributed by atoms with Crippen LogP contribution in [0, 0.1) is 5.82 Å². The van der Waals surface area contributed by atoms with E-state index in [1.54, 1.807) is 12.4 Å². The minimum absolute atomic E-state index is 0.217. The number of halogens is 1. The highest BCUT2D eigenvalue weighted by molar-refractivity contribution is 5.41. The van der Waals surface area contributed by atoms with Crippen LogP contribution in [0.3, 0.4) is 0 Å². The lowest BCUT2D eigenvalue weighted by Gasteiger charge is -2.08. The maximum atomic E-state index is 13.5. The summed E-state index contributed by atoms with van der Waals surface area (Å²) >= 11 is 0. The van der Waals surface area contributed by atoms with Gasteiger partial charge in [0, 0.05) is 25.5 Å². The van der Waals surface area contributed by atoms with Crippen molar-refractivity contribution in [3.8, 4) is 0 Å². The van der Waals surface area contributed by atoms with Gasteiger partial charge in [-0.15, -0.1) is 0 Å². The normalized spacial score (nSPS) is 10.2. The molecule has 2 N–H and O–H groups in total. The average molecular weight is 261 g/mol. The van der Waals surface area contributed by atoms with Gasteiger partial charge in [0.05, 0.1) is 6.20 Å². The molecule has 0 radical (unpaired) electrons. The molecule has 6 heteroatoms. The number of hydrogen-bond acceptors (Lipinski definition) is 5. The Balaban J connectivity index is 1.93. The van der Waals surface area contributed by atoms with Crippen molar-refractivity contribution >= 4 is 11.8 Å². The summed E-state index contributed by atoms with van der Waals surface area (Å²) in [7, 11) is 0. The molecule has 2 aromatic heterocycles. The van der Waals surface area contributed by atoms with Gasteiger partial charge < -0.3 is 10.6 Å². The number of anilines is 2. The summed E-state index contributed by atoms with van der Waals surface area (Å²) in [4.78, 5) is 11.9. The van der Waals surface area contributed by atoms with Crippen LogP contribution in [-0.2, 0) is 6.42 Å². The Bertz CT molecular complexity index is 518. The first-order valence-corrected chi connectivity index (χ1v) is 6.18. The van der Waals surface area contributed by atoms with Crippen molar-refractivity contribution in [3.05, 3.63) is 42.1 Å². The lowest BCUT2D eigenvalue weighted by atomic mass is 10.2. The molecule has 0 aliphatic carbocycles. The highest BCUT2D eigenvalue weighted by Crippen LogP contribution is 2.11. The average Bonchev–Trinajstić information content (AvgIpc) is 2.44. The SMILES string of the molecule is CCNc1ncc(F)c(NCCc2cccnc2)n1. The van der Waals surface area contributed by atoms with Crippen molar-refractivity contribution in [2.24, 2.45) is 0 Å². The molecule has 19 heavy (non-hydrogen) atoms. The van der Waals surface area contributed by atoms with Gasteiger partial charge in [-0.3, -0.25) is 4.98 Å². The summed E-state index contributed by atoms with van der Waals surface area (Å²) in [6.45, 7) is 3.22. The lowest BCUT2D eigenvalue weighted by molar-refractivity contribution is 0.617. The van der Waals surface area contributed by atoms with Gasteiger partial charge in [-0.1, -0.05) is 6.07 Å². The molecule has 0 fully saturated rings. The summed E-state index contributed by atoms with van der Waals surface area (Å²) in [5, 5.41) is 5.91. The quantitative estimate of drug-likeness (QED) is 0.833. The van der Waals surface area contributed by atoms with E-state index in [2.05, 4.69) is 25.6 Å². The van der Waals surface area contributed by atoms with Crippen LogP contribution >= 0.6 is 0 Å². The van der Waals surface area contributed by atoms with Gasteiger partial charge in [0.25, 0.3) is 0 Å². The second kappa shape index (κ2) is 6.63. The molecule has 0 saturated carbocycles. The molecule has 0 saturated heterocycles. The van der Waals surface area contributed by atoms with Gasteiger partial charge in [-0.25, -0.2) is 9.37 Å². The molecule has 0 unspecified atom stereocenters. The predicted octanol–water partition coefficient (Wildman–Crippen LogP) is 2.10. The second-order valence-corrected chi connectivity index (χ2v) is 3.96. The van der Waals surface area contributed by atoms with Gasteiger partial charge in [-0.2, -0.15) is 4.98 Å². The topological polar surface area (TPSA) is 62.7 Å². The van der Waals surface area contributed by atoms with Crippen LogP contribution in [0.1, 0.15) is 12.5 Å². The molecule has 0 spiro atoms. The number of rotatable bonds is 6. The molecular weight excluding hydrogens is 245 g/mol. The zero-order chi connectivity index (χ0) is 13.5. The minimum atomic E-state index is -0.451. The van der Waals surface area contributed by atoms with E-state index in [0.29, 0.717) is 19.0 Å². The Morgan fingerprint density at radius 2 is 2.16 bits per heavy atom. The van der Waals surface area contributed by atoms with Crippen molar-refractivity contribution in [3.63, 3.8) is 0 Å². The molecule has 0 atom stereocenters. The molecule has 5 nitrogen and oxygen atoms in total. The Kier molecular flexibility index (Phi) is 4.60. The smallest absolute Gasteiger partial charge is 0.224 e. The zero-order valence-corrected chi connectivity index (χ0v) is 10.7. The molecule has 0 amide bonds. The molecule has 0 bridgehead atoms. The summed E-state index contributed by atoms with van der Waals surface area (Å²) < 4.78 is 13.5. The molecule has 2 rings (SSSR count).